The first-order valence-electron chi connectivity index (χ1n) is 5.51. The molecule has 0 radical (unpaired) electrons. The highest BCUT2D eigenvalue weighted by molar-refractivity contribution is 7.98. The SMILES string of the molecule is Nc1cnccc1SCc1nnc(-c2cccs2)o1. The lowest BCUT2D eigenvalue weighted by Gasteiger charge is -2.01. The third kappa shape index (κ3) is 2.77. The summed E-state index contributed by atoms with van der Waals surface area (Å²) in [5.74, 6) is 1.74. The Labute approximate surface area is 117 Å². The molecular weight excluding hydrogens is 280 g/mol. The van der Waals surface area contributed by atoms with Gasteiger partial charge in [-0.2, -0.15) is 0 Å². The zero-order valence-electron chi connectivity index (χ0n) is 9.81. The van der Waals surface area contributed by atoms with Crippen LogP contribution in [0.2, 0.25) is 0 Å². The number of thioether (sulfide) groups is 1. The summed E-state index contributed by atoms with van der Waals surface area (Å²) in [5, 5.41) is 10.0. The van der Waals surface area contributed by atoms with Crippen molar-refractivity contribution in [1.29, 1.82) is 0 Å². The Bertz CT molecular complexity index is 666. The molecule has 0 saturated carbocycles. The number of aromatic nitrogens is 3. The summed E-state index contributed by atoms with van der Waals surface area (Å²) in [4.78, 5) is 5.89. The van der Waals surface area contributed by atoms with Crippen molar-refractivity contribution >= 4 is 28.8 Å². The molecule has 7 heteroatoms. The molecule has 19 heavy (non-hydrogen) atoms. The van der Waals surface area contributed by atoms with E-state index in [2.05, 4.69) is 15.2 Å². The first-order valence-corrected chi connectivity index (χ1v) is 7.38. The van der Waals surface area contributed by atoms with E-state index in [1.54, 1.807) is 35.5 Å². The van der Waals surface area contributed by atoms with Crippen LogP contribution < -0.4 is 5.73 Å². The molecule has 3 aromatic heterocycles. The quantitative estimate of drug-likeness (QED) is 0.744. The maximum absolute atomic E-state index is 5.82. The van der Waals surface area contributed by atoms with Crippen molar-refractivity contribution < 1.29 is 4.42 Å². The molecule has 0 unspecified atom stereocenters. The summed E-state index contributed by atoms with van der Waals surface area (Å²) in [6.45, 7) is 0. The van der Waals surface area contributed by atoms with Gasteiger partial charge >= 0.3 is 0 Å². The molecule has 0 aromatic carbocycles. The molecule has 2 N–H and O–H groups in total. The fraction of sp³-hybridized carbons (Fsp3) is 0.0833. The van der Waals surface area contributed by atoms with Crippen molar-refractivity contribution in [2.24, 2.45) is 0 Å². The molecule has 0 aliphatic carbocycles. The summed E-state index contributed by atoms with van der Waals surface area (Å²) in [6.07, 6.45) is 3.34. The first-order chi connectivity index (χ1) is 9.33. The highest BCUT2D eigenvalue weighted by Gasteiger charge is 2.10. The lowest BCUT2D eigenvalue weighted by molar-refractivity contribution is 0.529. The highest BCUT2D eigenvalue weighted by atomic mass is 32.2. The molecule has 3 heterocycles. The maximum atomic E-state index is 5.82. The van der Waals surface area contributed by atoms with Crippen molar-refractivity contribution in [3.8, 4) is 10.8 Å². The Kier molecular flexibility index (Phi) is 3.47. The Balaban J connectivity index is 1.70. The Morgan fingerprint density at radius 3 is 3.05 bits per heavy atom. The van der Waals surface area contributed by atoms with E-state index in [4.69, 9.17) is 10.2 Å². The average molecular weight is 290 g/mol. The molecule has 3 rings (SSSR count). The molecular formula is C12H10N4OS2. The molecule has 0 saturated heterocycles. The minimum Gasteiger partial charge on any atom is -0.419 e. The number of hydrogen-bond donors (Lipinski definition) is 1. The van der Waals surface area contributed by atoms with E-state index >= 15 is 0 Å². The number of pyridine rings is 1. The van der Waals surface area contributed by atoms with Crippen LogP contribution >= 0.6 is 23.1 Å². The minimum absolute atomic E-state index is 0.563. The Morgan fingerprint density at radius 1 is 1.32 bits per heavy atom. The van der Waals surface area contributed by atoms with Gasteiger partial charge in [0.25, 0.3) is 5.89 Å². The summed E-state index contributed by atoms with van der Waals surface area (Å²) < 4.78 is 5.60. The lowest BCUT2D eigenvalue weighted by atomic mass is 10.4. The van der Waals surface area contributed by atoms with Gasteiger partial charge in [0.05, 0.1) is 22.5 Å². The lowest BCUT2D eigenvalue weighted by Crippen LogP contribution is -1.89. The molecule has 3 aromatic rings. The van der Waals surface area contributed by atoms with Crippen LogP contribution in [0.1, 0.15) is 5.89 Å². The third-order valence-electron chi connectivity index (χ3n) is 2.36. The third-order valence-corrected chi connectivity index (χ3v) is 4.29. The summed E-state index contributed by atoms with van der Waals surface area (Å²) in [7, 11) is 0. The zero-order valence-corrected chi connectivity index (χ0v) is 11.4. The molecule has 0 amide bonds. The molecule has 5 nitrogen and oxygen atoms in total. The van der Waals surface area contributed by atoms with Gasteiger partial charge in [-0.1, -0.05) is 6.07 Å². The second-order valence-corrected chi connectivity index (χ2v) is 5.65. The first kappa shape index (κ1) is 12.2. The van der Waals surface area contributed by atoms with Crippen molar-refractivity contribution in [2.75, 3.05) is 5.73 Å². The van der Waals surface area contributed by atoms with Gasteiger partial charge < -0.3 is 10.2 Å². The molecule has 96 valence electrons. The van der Waals surface area contributed by atoms with E-state index in [0.717, 1.165) is 9.77 Å². The second kappa shape index (κ2) is 5.41. The monoisotopic (exact) mass is 290 g/mol. The van der Waals surface area contributed by atoms with Gasteiger partial charge in [0, 0.05) is 11.1 Å². The van der Waals surface area contributed by atoms with Crippen molar-refractivity contribution in [3.05, 3.63) is 41.9 Å². The van der Waals surface area contributed by atoms with Crippen LogP contribution in [0.15, 0.2) is 45.3 Å². The van der Waals surface area contributed by atoms with Crippen LogP contribution in [0.5, 0.6) is 0 Å². The van der Waals surface area contributed by atoms with Gasteiger partial charge in [-0.25, -0.2) is 0 Å². The highest BCUT2D eigenvalue weighted by Crippen LogP contribution is 2.28. The molecule has 0 spiro atoms. The van der Waals surface area contributed by atoms with Crippen molar-refractivity contribution in [2.45, 2.75) is 10.6 Å². The van der Waals surface area contributed by atoms with Crippen molar-refractivity contribution in [3.63, 3.8) is 0 Å². The van der Waals surface area contributed by atoms with E-state index in [1.807, 2.05) is 23.6 Å². The second-order valence-electron chi connectivity index (χ2n) is 3.68. The molecule has 0 aliphatic heterocycles. The predicted octanol–water partition coefficient (Wildman–Crippen LogP) is 3.07. The van der Waals surface area contributed by atoms with E-state index < -0.39 is 0 Å². The topological polar surface area (TPSA) is 77.8 Å². The number of thiophene rings is 1. The number of anilines is 1. The van der Waals surface area contributed by atoms with Gasteiger partial charge in [-0.15, -0.1) is 33.3 Å². The van der Waals surface area contributed by atoms with Gasteiger partial charge in [-0.05, 0) is 17.5 Å². The fourth-order valence-corrected chi connectivity index (χ4v) is 2.89. The van der Waals surface area contributed by atoms with E-state index in [9.17, 15) is 0 Å². The van der Waals surface area contributed by atoms with Crippen LogP contribution in [0.4, 0.5) is 5.69 Å². The number of nitrogens with two attached hydrogens (primary N) is 1. The molecule has 0 aliphatic rings. The van der Waals surface area contributed by atoms with Gasteiger partial charge in [0.1, 0.15) is 0 Å². The van der Waals surface area contributed by atoms with Gasteiger partial charge in [-0.3, -0.25) is 4.98 Å². The van der Waals surface area contributed by atoms with E-state index in [0.29, 0.717) is 23.2 Å². The molecule has 0 atom stereocenters. The van der Waals surface area contributed by atoms with Crippen LogP contribution in [0.25, 0.3) is 10.8 Å². The average Bonchev–Trinajstić information content (AvgIpc) is 3.09. The van der Waals surface area contributed by atoms with Gasteiger partial charge in [0.15, 0.2) is 0 Å². The van der Waals surface area contributed by atoms with Gasteiger partial charge in [0.2, 0.25) is 5.89 Å². The Morgan fingerprint density at radius 2 is 2.26 bits per heavy atom. The molecule has 0 fully saturated rings. The number of rotatable bonds is 4. The zero-order chi connectivity index (χ0) is 13.1. The van der Waals surface area contributed by atoms with E-state index in [1.165, 1.54) is 0 Å². The smallest absolute Gasteiger partial charge is 0.257 e. The predicted molar refractivity (Wildman–Crippen MR) is 75.8 cm³/mol. The van der Waals surface area contributed by atoms with Crippen LogP contribution in [0, 0.1) is 0 Å². The largest absolute Gasteiger partial charge is 0.419 e. The number of nitrogen functional groups attached to an aromatic ring is 1. The summed E-state index contributed by atoms with van der Waals surface area (Å²) in [6, 6.07) is 5.78. The number of hydrogen-bond acceptors (Lipinski definition) is 7. The van der Waals surface area contributed by atoms with Crippen LogP contribution in [-0.2, 0) is 5.75 Å². The van der Waals surface area contributed by atoms with E-state index in [-0.39, 0.29) is 0 Å². The summed E-state index contributed by atoms with van der Waals surface area (Å²) >= 11 is 3.13. The Hall–Kier alpha value is -1.86. The maximum Gasteiger partial charge on any atom is 0.257 e. The summed E-state index contributed by atoms with van der Waals surface area (Å²) in [5.41, 5.74) is 6.48. The number of nitrogens with zero attached hydrogens (tertiary/aromatic N) is 3. The van der Waals surface area contributed by atoms with Crippen LogP contribution in [0.3, 0.4) is 0 Å². The molecule has 0 bridgehead atoms. The standard InChI is InChI=1S/C12H10N4OS2/c13-8-6-14-4-3-9(8)19-7-11-15-16-12(17-11)10-2-1-5-18-10/h1-6H,7,13H2. The normalized spacial score (nSPS) is 10.7. The minimum atomic E-state index is 0.563. The fourth-order valence-electron chi connectivity index (χ4n) is 1.48. The van der Waals surface area contributed by atoms with Crippen molar-refractivity contribution in [1.82, 2.24) is 15.2 Å². The van der Waals surface area contributed by atoms with Crippen LogP contribution in [-0.4, -0.2) is 15.2 Å².